The number of halogens is 1. The van der Waals surface area contributed by atoms with Crippen molar-refractivity contribution in [2.45, 2.75) is 6.10 Å². The third-order valence-corrected chi connectivity index (χ3v) is 1.80. The molecule has 1 rings (SSSR count). The lowest BCUT2D eigenvalue weighted by Crippen LogP contribution is -2.20. The number of ether oxygens (including phenoxy) is 2. The summed E-state index contributed by atoms with van der Waals surface area (Å²) in [7, 11) is -4.59. The molecule has 0 spiro atoms. The molecule has 1 saturated heterocycles. The minimum atomic E-state index is -4.59. The first-order valence-corrected chi connectivity index (χ1v) is 4.28. The Bertz CT molecular complexity index is 258. The zero-order valence-electron chi connectivity index (χ0n) is 5.32. The van der Waals surface area contributed by atoms with Crippen LogP contribution < -0.4 is 0 Å². The second-order valence-corrected chi connectivity index (χ2v) is 3.42. The summed E-state index contributed by atoms with van der Waals surface area (Å²) in [6, 6.07) is 0. The van der Waals surface area contributed by atoms with Gasteiger partial charge >= 0.3 is 16.4 Å². The average molecular weight is 184 g/mol. The summed E-state index contributed by atoms with van der Waals surface area (Å²) in [5.41, 5.74) is 0. The molecule has 5 nitrogen and oxygen atoms in total. The minimum Gasteiger partial charge on any atom is -0.430 e. The molecule has 0 aromatic heterocycles. The molecule has 1 aliphatic rings. The Balaban J connectivity index is 2.47. The van der Waals surface area contributed by atoms with Crippen LogP contribution in [-0.2, 0) is 19.7 Å². The van der Waals surface area contributed by atoms with E-state index in [0.717, 1.165) is 0 Å². The molecule has 11 heavy (non-hydrogen) atoms. The van der Waals surface area contributed by atoms with Crippen LogP contribution in [0.2, 0.25) is 0 Å². The summed E-state index contributed by atoms with van der Waals surface area (Å²) in [5.74, 6) is -0.835. The first kappa shape index (κ1) is 8.25. The summed E-state index contributed by atoms with van der Waals surface area (Å²) in [5, 5.41) is 0. The Morgan fingerprint density at radius 2 is 2.27 bits per heavy atom. The lowest BCUT2D eigenvalue weighted by Gasteiger charge is -1.99. The van der Waals surface area contributed by atoms with Gasteiger partial charge in [-0.2, -0.15) is 8.42 Å². The van der Waals surface area contributed by atoms with E-state index in [2.05, 4.69) is 9.47 Å². The van der Waals surface area contributed by atoms with Crippen LogP contribution in [0.1, 0.15) is 0 Å². The van der Waals surface area contributed by atoms with Crippen molar-refractivity contribution in [2.24, 2.45) is 0 Å². The van der Waals surface area contributed by atoms with Crippen molar-refractivity contribution < 1.29 is 26.6 Å². The summed E-state index contributed by atoms with van der Waals surface area (Å²) >= 11 is 0. The molecule has 64 valence electrons. The van der Waals surface area contributed by atoms with E-state index >= 15 is 0 Å². The fourth-order valence-corrected chi connectivity index (χ4v) is 1.28. The molecule has 0 N–H and O–H groups in total. The normalized spacial score (nSPS) is 24.5. The van der Waals surface area contributed by atoms with Crippen LogP contribution in [0, 0.1) is 0 Å². The van der Waals surface area contributed by atoms with Gasteiger partial charge in [0.1, 0.15) is 12.4 Å². The van der Waals surface area contributed by atoms with Gasteiger partial charge in [-0.1, -0.05) is 0 Å². The van der Waals surface area contributed by atoms with Crippen LogP contribution in [0.4, 0.5) is 8.68 Å². The Kier molecular flexibility index (Phi) is 1.99. The predicted octanol–water partition coefficient (Wildman–Crippen LogP) is -0.179. The maximum atomic E-state index is 11.9. The van der Waals surface area contributed by atoms with E-state index in [1.165, 1.54) is 0 Å². The molecule has 0 saturated carbocycles. The molecule has 0 aliphatic carbocycles. The first-order valence-electron chi connectivity index (χ1n) is 2.73. The fourth-order valence-electron chi connectivity index (χ4n) is 0.669. The second-order valence-electron chi connectivity index (χ2n) is 2.01. The van der Waals surface area contributed by atoms with Crippen molar-refractivity contribution in [3.63, 3.8) is 0 Å². The van der Waals surface area contributed by atoms with Crippen LogP contribution in [-0.4, -0.2) is 33.0 Å². The van der Waals surface area contributed by atoms with Crippen molar-refractivity contribution in [3.8, 4) is 0 Å². The van der Waals surface area contributed by atoms with Gasteiger partial charge in [0.25, 0.3) is 0 Å². The molecule has 0 radical (unpaired) electrons. The highest BCUT2D eigenvalue weighted by Gasteiger charge is 2.29. The van der Waals surface area contributed by atoms with E-state index in [-0.39, 0.29) is 6.61 Å². The smallest absolute Gasteiger partial charge is 0.430 e. The lowest BCUT2D eigenvalue weighted by molar-refractivity contribution is 0.122. The van der Waals surface area contributed by atoms with Crippen LogP contribution in [0.25, 0.3) is 0 Å². The molecule has 1 atom stereocenters. The van der Waals surface area contributed by atoms with Gasteiger partial charge in [0.05, 0.1) is 0 Å². The third kappa shape index (κ3) is 2.71. The number of carbonyl (C=O) groups excluding carboxylic acids is 1. The van der Waals surface area contributed by atoms with Crippen molar-refractivity contribution in [3.05, 3.63) is 0 Å². The van der Waals surface area contributed by atoms with Crippen molar-refractivity contribution >= 4 is 16.4 Å². The highest BCUT2D eigenvalue weighted by atomic mass is 32.3. The Morgan fingerprint density at radius 3 is 2.64 bits per heavy atom. The van der Waals surface area contributed by atoms with E-state index in [1.54, 1.807) is 0 Å². The zero-order chi connectivity index (χ0) is 8.48. The molecule has 1 heterocycles. The molecule has 1 fully saturated rings. The third-order valence-electron chi connectivity index (χ3n) is 1.03. The molecular formula is C4H5FO5S. The monoisotopic (exact) mass is 184 g/mol. The highest BCUT2D eigenvalue weighted by molar-refractivity contribution is 7.86. The largest absolute Gasteiger partial charge is 0.508 e. The lowest BCUT2D eigenvalue weighted by atomic mass is 10.4. The molecule has 7 heteroatoms. The van der Waals surface area contributed by atoms with E-state index < -0.39 is 28.2 Å². The van der Waals surface area contributed by atoms with Gasteiger partial charge in [-0.25, -0.2) is 4.79 Å². The zero-order valence-corrected chi connectivity index (χ0v) is 6.14. The van der Waals surface area contributed by atoms with Crippen LogP contribution in [0.5, 0.6) is 0 Å². The Morgan fingerprint density at radius 1 is 1.64 bits per heavy atom. The number of carbonyl (C=O) groups is 1. The van der Waals surface area contributed by atoms with E-state index in [9.17, 15) is 17.1 Å². The van der Waals surface area contributed by atoms with Gasteiger partial charge < -0.3 is 9.47 Å². The number of hydrogen-bond acceptors (Lipinski definition) is 5. The van der Waals surface area contributed by atoms with Gasteiger partial charge in [-0.3, -0.25) is 0 Å². The number of cyclic esters (lactones) is 2. The van der Waals surface area contributed by atoms with E-state index in [4.69, 9.17) is 0 Å². The van der Waals surface area contributed by atoms with Gasteiger partial charge in [0.2, 0.25) is 0 Å². The SMILES string of the molecule is O=C1OCC(CS(=O)(=O)F)O1. The quantitative estimate of drug-likeness (QED) is 0.440. The molecule has 0 aromatic rings. The first-order chi connectivity index (χ1) is 4.97. The summed E-state index contributed by atoms with van der Waals surface area (Å²) < 4.78 is 40.3. The topological polar surface area (TPSA) is 69.7 Å². The molecule has 1 aliphatic heterocycles. The molecule has 0 aromatic carbocycles. The van der Waals surface area contributed by atoms with Gasteiger partial charge in [0, 0.05) is 0 Å². The van der Waals surface area contributed by atoms with Gasteiger partial charge in [-0.05, 0) is 0 Å². The fraction of sp³-hybridized carbons (Fsp3) is 0.750. The van der Waals surface area contributed by atoms with Crippen molar-refractivity contribution in [2.75, 3.05) is 12.4 Å². The highest BCUT2D eigenvalue weighted by Crippen LogP contribution is 2.09. The van der Waals surface area contributed by atoms with Crippen molar-refractivity contribution in [1.29, 1.82) is 0 Å². The standard InChI is InChI=1S/C4H5FO5S/c5-11(7,8)2-3-1-9-4(6)10-3/h3H,1-2H2. The maximum absolute atomic E-state index is 11.9. The molecule has 1 unspecified atom stereocenters. The Hall–Kier alpha value is -0.850. The maximum Gasteiger partial charge on any atom is 0.508 e. The second kappa shape index (κ2) is 2.65. The number of hydrogen-bond donors (Lipinski definition) is 0. The molecular weight excluding hydrogens is 179 g/mol. The van der Waals surface area contributed by atoms with Crippen LogP contribution >= 0.6 is 0 Å². The van der Waals surface area contributed by atoms with E-state index in [0.29, 0.717) is 0 Å². The van der Waals surface area contributed by atoms with E-state index in [1.807, 2.05) is 0 Å². The van der Waals surface area contributed by atoms with Crippen molar-refractivity contribution in [1.82, 2.24) is 0 Å². The minimum absolute atomic E-state index is 0.206. The number of rotatable bonds is 2. The summed E-state index contributed by atoms with van der Waals surface area (Å²) in [6.07, 6.45) is -1.96. The predicted molar refractivity (Wildman–Crippen MR) is 31.1 cm³/mol. The van der Waals surface area contributed by atoms with Gasteiger partial charge in [0.15, 0.2) is 6.10 Å². The summed E-state index contributed by atoms with van der Waals surface area (Å²) in [4.78, 5) is 10.2. The Labute approximate surface area is 62.3 Å². The van der Waals surface area contributed by atoms with Crippen LogP contribution in [0.3, 0.4) is 0 Å². The van der Waals surface area contributed by atoms with Crippen LogP contribution in [0.15, 0.2) is 0 Å². The summed E-state index contributed by atoms with van der Waals surface area (Å²) in [6.45, 7) is -0.206. The molecule has 0 bridgehead atoms. The molecule has 0 amide bonds. The average Bonchev–Trinajstić information content (AvgIpc) is 2.10. The van der Waals surface area contributed by atoms with Gasteiger partial charge in [-0.15, -0.1) is 3.89 Å².